The second kappa shape index (κ2) is 11.6. The third-order valence-corrected chi connectivity index (χ3v) is 10.1. The van der Waals surface area contributed by atoms with Crippen LogP contribution in [0.3, 0.4) is 0 Å². The Bertz CT molecular complexity index is 2460. The van der Waals surface area contributed by atoms with E-state index >= 15 is 0 Å². The molecule has 0 radical (unpaired) electrons. The summed E-state index contributed by atoms with van der Waals surface area (Å²) in [7, 11) is 0. The van der Waals surface area contributed by atoms with Crippen molar-refractivity contribution in [1.82, 2.24) is 9.97 Å². The van der Waals surface area contributed by atoms with Crippen LogP contribution in [-0.2, 0) is 11.8 Å². The Balaban J connectivity index is 0.989. The fourth-order valence-corrected chi connectivity index (χ4v) is 7.56. The van der Waals surface area contributed by atoms with Gasteiger partial charge in [0.05, 0.1) is 22.8 Å². The predicted molar refractivity (Wildman–Crippen MR) is 204 cm³/mol. The van der Waals surface area contributed by atoms with Gasteiger partial charge in [0.1, 0.15) is 0 Å². The number of rotatable bonds is 5. The van der Waals surface area contributed by atoms with Crippen molar-refractivity contribution in [2.24, 2.45) is 0 Å². The number of hydrogen-bond donors (Lipinski definition) is 0. The molecule has 3 heterocycles. The van der Waals surface area contributed by atoms with Gasteiger partial charge in [-0.3, -0.25) is 9.97 Å². The monoisotopic (exact) mass is 629 g/mol. The zero-order chi connectivity index (χ0) is 33.0. The highest BCUT2D eigenvalue weighted by atomic mass is 15.2. The normalized spacial score (nSPS) is 13.3. The first-order chi connectivity index (χ1) is 24.0. The number of hydrogen-bond acceptors (Lipinski definition) is 3. The number of anilines is 3. The van der Waals surface area contributed by atoms with Gasteiger partial charge >= 0.3 is 0 Å². The van der Waals surface area contributed by atoms with Crippen LogP contribution >= 0.6 is 0 Å². The first-order valence-corrected chi connectivity index (χ1v) is 17.0. The van der Waals surface area contributed by atoms with Gasteiger partial charge in [-0.15, -0.1) is 0 Å². The lowest BCUT2D eigenvalue weighted by Gasteiger charge is -2.42. The quantitative estimate of drug-likeness (QED) is 0.177. The average Bonchev–Trinajstić information content (AvgIpc) is 3.15. The highest BCUT2D eigenvalue weighted by Gasteiger charge is 2.36. The van der Waals surface area contributed by atoms with Crippen LogP contribution in [0.2, 0.25) is 0 Å². The molecule has 0 amide bonds. The third kappa shape index (κ3) is 5.06. The number of aromatic nitrogens is 2. The molecule has 0 aliphatic carbocycles. The van der Waals surface area contributed by atoms with E-state index in [-0.39, 0.29) is 5.41 Å². The van der Waals surface area contributed by atoms with Gasteiger partial charge in [-0.05, 0) is 87.3 Å². The zero-order valence-corrected chi connectivity index (χ0v) is 27.6. The van der Waals surface area contributed by atoms with Crippen molar-refractivity contribution in [3.05, 3.63) is 186 Å². The van der Waals surface area contributed by atoms with Crippen molar-refractivity contribution < 1.29 is 0 Å². The molecule has 3 heteroatoms. The molecule has 0 N–H and O–H groups in total. The Morgan fingerprint density at radius 3 is 1.71 bits per heavy atom. The molecule has 6 aromatic carbocycles. The molecule has 0 unspecified atom stereocenters. The molecule has 9 rings (SSSR count). The van der Waals surface area contributed by atoms with Gasteiger partial charge in [0.25, 0.3) is 0 Å². The molecular weight excluding hydrogens is 595 g/mol. The summed E-state index contributed by atoms with van der Waals surface area (Å²) in [5, 5.41) is 5.03. The summed E-state index contributed by atoms with van der Waals surface area (Å²) in [4.78, 5) is 12.6. The van der Waals surface area contributed by atoms with E-state index in [9.17, 15) is 0 Å². The van der Waals surface area contributed by atoms with E-state index in [4.69, 9.17) is 9.97 Å². The zero-order valence-electron chi connectivity index (χ0n) is 27.6. The van der Waals surface area contributed by atoms with Crippen LogP contribution in [0.4, 0.5) is 17.1 Å². The summed E-state index contributed by atoms with van der Waals surface area (Å²) in [5.41, 5.74) is 12.3. The molecule has 0 saturated heterocycles. The molecule has 1 aliphatic rings. The Labute approximate surface area is 287 Å². The fourth-order valence-electron chi connectivity index (χ4n) is 7.56. The van der Waals surface area contributed by atoms with Gasteiger partial charge in [-0.1, -0.05) is 123 Å². The first kappa shape index (κ1) is 29.1. The number of pyridine rings is 2. The van der Waals surface area contributed by atoms with Crippen LogP contribution in [0, 0.1) is 0 Å². The van der Waals surface area contributed by atoms with E-state index in [1.165, 1.54) is 44.0 Å². The summed E-state index contributed by atoms with van der Waals surface area (Å²) < 4.78 is 0. The fraction of sp³-hybridized carbons (Fsp3) is 0.0870. The lowest BCUT2D eigenvalue weighted by molar-refractivity contribution is 0.632. The van der Waals surface area contributed by atoms with Crippen molar-refractivity contribution >= 4 is 38.6 Å². The molecule has 8 aromatic rings. The molecule has 0 atom stereocenters. The van der Waals surface area contributed by atoms with Gasteiger partial charge in [0.15, 0.2) is 0 Å². The minimum absolute atomic E-state index is 0.0762. The minimum Gasteiger partial charge on any atom is -0.310 e. The van der Waals surface area contributed by atoms with Crippen LogP contribution in [0.1, 0.15) is 36.4 Å². The Morgan fingerprint density at radius 1 is 0.469 bits per heavy atom. The van der Waals surface area contributed by atoms with Crippen molar-refractivity contribution in [3.63, 3.8) is 0 Å². The highest BCUT2D eigenvalue weighted by Crippen LogP contribution is 2.51. The number of nitrogens with zero attached hydrogens (tertiary/aromatic N) is 3. The van der Waals surface area contributed by atoms with E-state index in [1.807, 2.05) is 0 Å². The van der Waals surface area contributed by atoms with Crippen LogP contribution in [-0.4, -0.2) is 9.97 Å². The van der Waals surface area contributed by atoms with Gasteiger partial charge < -0.3 is 4.90 Å². The molecule has 3 nitrogen and oxygen atoms in total. The van der Waals surface area contributed by atoms with Gasteiger partial charge in [-0.25, -0.2) is 0 Å². The van der Waals surface area contributed by atoms with E-state index in [0.29, 0.717) is 6.42 Å². The lowest BCUT2D eigenvalue weighted by Crippen LogP contribution is -2.30. The SMILES string of the molecule is CC1(C)c2ccccc2N(c2ccc(-c3cccc(Cc4cccc(-c5ccc6c(ccc7ccccc76)c5)n4)n3)cc2)c2ccccc21. The number of fused-ring (bicyclic) bond motifs is 5. The molecule has 1 aliphatic heterocycles. The maximum atomic E-state index is 5.09. The standard InChI is InChI=1S/C46H35N3/c1-46(2)40-15-5-7-19-44(40)49(45-20-8-6-16-41(45)46)37-26-23-32(24-27-37)42-17-9-12-35(47-42)30-36-13-10-18-43(48-36)34-25-28-39-33(29-34)22-21-31-11-3-4-14-38(31)39/h3-29H,30H2,1-2H3. The van der Waals surface area contributed by atoms with Gasteiger partial charge in [-0.2, -0.15) is 0 Å². The molecular formula is C46H35N3. The Kier molecular flexibility index (Phi) is 6.87. The second-order valence-corrected chi connectivity index (χ2v) is 13.5. The van der Waals surface area contributed by atoms with Crippen molar-refractivity contribution in [3.8, 4) is 22.5 Å². The largest absolute Gasteiger partial charge is 0.310 e. The maximum absolute atomic E-state index is 5.09. The summed E-state index contributed by atoms with van der Waals surface area (Å²) in [6.45, 7) is 4.64. The van der Waals surface area contributed by atoms with E-state index in [0.717, 1.165) is 39.6 Å². The summed E-state index contributed by atoms with van der Waals surface area (Å²) in [5.74, 6) is 0. The molecule has 0 fully saturated rings. The lowest BCUT2D eigenvalue weighted by atomic mass is 9.73. The van der Waals surface area contributed by atoms with Crippen molar-refractivity contribution in [1.29, 1.82) is 0 Å². The van der Waals surface area contributed by atoms with Crippen molar-refractivity contribution in [2.45, 2.75) is 25.7 Å². The van der Waals surface area contributed by atoms with Crippen LogP contribution in [0.15, 0.2) is 164 Å². The summed E-state index contributed by atoms with van der Waals surface area (Å²) >= 11 is 0. The number of benzene rings is 6. The molecule has 49 heavy (non-hydrogen) atoms. The van der Waals surface area contributed by atoms with E-state index < -0.39 is 0 Å². The molecule has 0 spiro atoms. The summed E-state index contributed by atoms with van der Waals surface area (Å²) in [6.07, 6.45) is 0.662. The predicted octanol–water partition coefficient (Wildman–Crippen LogP) is 11.8. The second-order valence-electron chi connectivity index (χ2n) is 13.5. The van der Waals surface area contributed by atoms with Crippen LogP contribution in [0.5, 0.6) is 0 Å². The first-order valence-electron chi connectivity index (χ1n) is 17.0. The number of para-hydroxylation sites is 2. The van der Waals surface area contributed by atoms with Gasteiger partial charge in [0.2, 0.25) is 0 Å². The Hall–Kier alpha value is -6.06. The highest BCUT2D eigenvalue weighted by molar-refractivity contribution is 6.08. The van der Waals surface area contributed by atoms with Gasteiger partial charge in [0, 0.05) is 40.0 Å². The third-order valence-electron chi connectivity index (χ3n) is 10.1. The maximum Gasteiger partial charge on any atom is 0.0705 e. The van der Waals surface area contributed by atoms with E-state index in [2.05, 4.69) is 183 Å². The molecule has 0 bridgehead atoms. The summed E-state index contributed by atoms with van der Waals surface area (Å²) in [6, 6.07) is 58.5. The van der Waals surface area contributed by atoms with Crippen LogP contribution < -0.4 is 4.90 Å². The average molecular weight is 630 g/mol. The minimum atomic E-state index is -0.0762. The molecule has 234 valence electrons. The van der Waals surface area contributed by atoms with Crippen LogP contribution in [0.25, 0.3) is 44.1 Å². The van der Waals surface area contributed by atoms with Crippen molar-refractivity contribution in [2.75, 3.05) is 4.90 Å². The Morgan fingerprint density at radius 2 is 1.02 bits per heavy atom. The van der Waals surface area contributed by atoms with E-state index in [1.54, 1.807) is 0 Å². The topological polar surface area (TPSA) is 29.0 Å². The smallest absolute Gasteiger partial charge is 0.0705 e. The molecule has 2 aromatic heterocycles. The molecule has 0 saturated carbocycles.